The van der Waals surface area contributed by atoms with Gasteiger partial charge < -0.3 is 24.7 Å². The number of nitrogens with one attached hydrogen (secondary N) is 2. The van der Waals surface area contributed by atoms with Crippen LogP contribution in [0.3, 0.4) is 0 Å². The Bertz CT molecular complexity index is 1500. The van der Waals surface area contributed by atoms with Gasteiger partial charge in [-0.05, 0) is 72.9 Å². The highest BCUT2D eigenvalue weighted by molar-refractivity contribution is 7.80. The maximum atomic E-state index is 12.0. The summed E-state index contributed by atoms with van der Waals surface area (Å²) in [5.74, 6) is 0.925. The lowest BCUT2D eigenvalue weighted by Gasteiger charge is -2.26. The predicted molar refractivity (Wildman–Crippen MR) is 154 cm³/mol. The number of ether oxygens (including phenoxy) is 1. The third kappa shape index (κ3) is 5.36. The van der Waals surface area contributed by atoms with Gasteiger partial charge in [0.25, 0.3) is 0 Å². The van der Waals surface area contributed by atoms with Crippen LogP contribution in [-0.4, -0.2) is 29.7 Å². The first-order valence-electron chi connectivity index (χ1n) is 11.5. The highest BCUT2D eigenvalue weighted by Crippen LogP contribution is 2.44. The van der Waals surface area contributed by atoms with E-state index < -0.39 is 6.04 Å². The van der Waals surface area contributed by atoms with E-state index in [1.807, 2.05) is 47.4 Å². The third-order valence-corrected chi connectivity index (χ3v) is 7.17. The molecule has 0 unspecified atom stereocenters. The third-order valence-electron chi connectivity index (χ3n) is 5.99. The zero-order chi connectivity index (χ0) is 26.8. The Balaban J connectivity index is 1.55. The molecule has 7 nitrogen and oxygen atoms in total. The molecule has 11 heteroatoms. The first-order valence-corrected chi connectivity index (χ1v) is 13.0. The summed E-state index contributed by atoms with van der Waals surface area (Å²) < 4.78 is 11.2. The smallest absolute Gasteiger partial charge is 0.250 e. The molecule has 0 radical (unpaired) electrons. The summed E-state index contributed by atoms with van der Waals surface area (Å²) in [6, 6.07) is 19.3. The first-order chi connectivity index (χ1) is 18.4. The van der Waals surface area contributed by atoms with Gasteiger partial charge in [-0.3, -0.25) is 9.78 Å². The Morgan fingerprint density at radius 3 is 2.66 bits per heavy atom. The molecule has 38 heavy (non-hydrogen) atoms. The number of thiocarbonyl (C=S) groups is 1. The molecule has 1 amide bonds. The molecule has 0 saturated carbocycles. The van der Waals surface area contributed by atoms with Gasteiger partial charge in [0.15, 0.2) is 5.11 Å². The summed E-state index contributed by atoms with van der Waals surface area (Å²) in [5, 5.41) is 7.96. The van der Waals surface area contributed by atoms with Crippen molar-refractivity contribution in [3.8, 4) is 11.3 Å². The molecule has 4 aromatic rings. The van der Waals surface area contributed by atoms with Crippen LogP contribution in [0.5, 0.6) is 0 Å². The van der Waals surface area contributed by atoms with E-state index in [1.165, 1.54) is 7.11 Å². The fourth-order valence-electron chi connectivity index (χ4n) is 4.34. The van der Waals surface area contributed by atoms with E-state index in [1.54, 1.807) is 30.5 Å². The van der Waals surface area contributed by atoms with Crippen LogP contribution >= 0.6 is 47.0 Å². The molecule has 0 bridgehead atoms. The van der Waals surface area contributed by atoms with Gasteiger partial charge in [0.05, 0.1) is 27.5 Å². The number of amides is 1. The van der Waals surface area contributed by atoms with E-state index in [0.717, 1.165) is 11.3 Å². The molecule has 1 fully saturated rings. The monoisotopic (exact) mass is 586 g/mol. The molecular formula is C27H21Cl3N4O3S. The zero-order valence-electron chi connectivity index (χ0n) is 20.0. The number of nitrogens with zero attached hydrogens (tertiary/aromatic N) is 2. The van der Waals surface area contributed by atoms with Crippen LogP contribution in [0, 0.1) is 0 Å². The largest absolute Gasteiger partial charge is 0.459 e. The lowest BCUT2D eigenvalue weighted by molar-refractivity contribution is -0.119. The van der Waals surface area contributed by atoms with Crippen LogP contribution in [-0.2, 0) is 9.53 Å². The number of halogens is 3. The van der Waals surface area contributed by atoms with Crippen molar-refractivity contribution in [1.82, 2.24) is 10.3 Å². The summed E-state index contributed by atoms with van der Waals surface area (Å²) in [6.07, 6.45) is 1.73. The average molecular weight is 588 g/mol. The van der Waals surface area contributed by atoms with Gasteiger partial charge in [-0.15, -0.1) is 0 Å². The van der Waals surface area contributed by atoms with Gasteiger partial charge in [0.1, 0.15) is 24.2 Å². The first kappa shape index (κ1) is 26.5. The Morgan fingerprint density at radius 1 is 1.11 bits per heavy atom. The van der Waals surface area contributed by atoms with E-state index in [-0.39, 0.29) is 18.6 Å². The maximum absolute atomic E-state index is 12.0. The molecule has 2 N–H and O–H groups in total. The number of hydrogen-bond donors (Lipinski definition) is 2. The zero-order valence-corrected chi connectivity index (χ0v) is 23.0. The average Bonchev–Trinajstić information content (AvgIpc) is 3.50. The molecule has 0 spiro atoms. The van der Waals surface area contributed by atoms with Crippen LogP contribution < -0.4 is 15.5 Å². The van der Waals surface area contributed by atoms with E-state index in [2.05, 4.69) is 15.6 Å². The Labute approximate surface area is 239 Å². The van der Waals surface area contributed by atoms with E-state index in [0.29, 0.717) is 43.1 Å². The molecule has 1 aliphatic rings. The van der Waals surface area contributed by atoms with Crippen molar-refractivity contribution in [1.29, 1.82) is 0 Å². The van der Waals surface area contributed by atoms with Gasteiger partial charge in [-0.2, -0.15) is 0 Å². The standard InChI is InChI=1S/C27H21Cl3N4O3S/c1-36-14-24(35)32-20-8-6-16(13-19(20)30)34-26(25(33-27(34)38)21-4-2-3-11-31-21)23-10-9-22(37-23)17-7-5-15(28)12-18(17)29/h2-13,25-26H,14H2,1H3,(H,32,35)(H,33,38)/t25-,26+/m0/s1. The Kier molecular flexibility index (Phi) is 7.88. The van der Waals surface area contributed by atoms with E-state index in [4.69, 9.17) is 56.2 Å². The predicted octanol–water partition coefficient (Wildman–Crippen LogP) is 7.06. The Hall–Kier alpha value is -3.14. The van der Waals surface area contributed by atoms with Gasteiger partial charge in [-0.25, -0.2) is 0 Å². The highest BCUT2D eigenvalue weighted by atomic mass is 35.5. The van der Waals surface area contributed by atoms with Gasteiger partial charge in [0, 0.05) is 29.6 Å². The van der Waals surface area contributed by atoms with Crippen LogP contribution in [0.1, 0.15) is 23.5 Å². The van der Waals surface area contributed by atoms with Crippen molar-refractivity contribution >= 4 is 69.4 Å². The van der Waals surface area contributed by atoms with Crippen LogP contribution in [0.25, 0.3) is 11.3 Å². The van der Waals surface area contributed by atoms with Gasteiger partial charge >= 0.3 is 0 Å². The van der Waals surface area contributed by atoms with E-state index >= 15 is 0 Å². The van der Waals surface area contributed by atoms with Crippen molar-refractivity contribution in [3.05, 3.63) is 99.4 Å². The summed E-state index contributed by atoms with van der Waals surface area (Å²) in [7, 11) is 1.45. The summed E-state index contributed by atoms with van der Waals surface area (Å²) in [4.78, 5) is 18.5. The highest BCUT2D eigenvalue weighted by Gasteiger charge is 2.42. The number of aromatic nitrogens is 1. The van der Waals surface area contributed by atoms with Crippen molar-refractivity contribution in [2.24, 2.45) is 0 Å². The molecule has 194 valence electrons. The quantitative estimate of drug-likeness (QED) is 0.224. The lowest BCUT2D eigenvalue weighted by atomic mass is 10.0. The number of carbonyl (C=O) groups is 1. The molecule has 2 aromatic heterocycles. The number of rotatable bonds is 7. The minimum absolute atomic E-state index is 0.0789. The number of pyridine rings is 1. The maximum Gasteiger partial charge on any atom is 0.250 e. The SMILES string of the molecule is COCC(=O)Nc1ccc(N2C(=S)N[C@@H](c3ccccn3)[C@H]2c2ccc(-c3ccc(Cl)cc3Cl)o2)cc1Cl. The normalized spacial score (nSPS) is 16.9. The second-order valence-electron chi connectivity index (χ2n) is 8.47. The second-order valence-corrected chi connectivity index (χ2v) is 10.1. The second kappa shape index (κ2) is 11.3. The molecule has 2 aromatic carbocycles. The van der Waals surface area contributed by atoms with Gasteiger partial charge in [0.2, 0.25) is 5.91 Å². The summed E-state index contributed by atoms with van der Waals surface area (Å²) in [6.45, 7) is -0.0789. The summed E-state index contributed by atoms with van der Waals surface area (Å²) >= 11 is 24.8. The number of anilines is 2. The van der Waals surface area contributed by atoms with Crippen molar-refractivity contribution in [3.63, 3.8) is 0 Å². The number of carbonyl (C=O) groups excluding carboxylic acids is 1. The molecule has 0 aliphatic carbocycles. The fourth-order valence-corrected chi connectivity index (χ4v) is 5.41. The number of benzene rings is 2. The van der Waals surface area contributed by atoms with Crippen LogP contribution in [0.4, 0.5) is 11.4 Å². The minimum Gasteiger partial charge on any atom is -0.459 e. The summed E-state index contributed by atoms with van der Waals surface area (Å²) in [5.41, 5.74) is 2.68. The van der Waals surface area contributed by atoms with Gasteiger partial charge in [-0.1, -0.05) is 40.9 Å². The topological polar surface area (TPSA) is 79.6 Å². The van der Waals surface area contributed by atoms with Crippen molar-refractivity contribution < 1.29 is 13.9 Å². The number of hydrogen-bond acceptors (Lipinski definition) is 5. The molecule has 2 atom stereocenters. The molecule has 3 heterocycles. The molecular weight excluding hydrogens is 567 g/mol. The van der Waals surface area contributed by atoms with Crippen LogP contribution in [0.15, 0.2) is 77.3 Å². The minimum atomic E-state index is -0.401. The molecule has 1 saturated heterocycles. The fraction of sp³-hybridized carbons (Fsp3) is 0.148. The van der Waals surface area contributed by atoms with Crippen molar-refractivity contribution in [2.75, 3.05) is 23.9 Å². The Morgan fingerprint density at radius 2 is 1.95 bits per heavy atom. The number of methoxy groups -OCH3 is 1. The van der Waals surface area contributed by atoms with E-state index in [9.17, 15) is 4.79 Å². The number of furan rings is 1. The molecule has 5 rings (SSSR count). The molecule has 1 aliphatic heterocycles. The van der Waals surface area contributed by atoms with Crippen LogP contribution in [0.2, 0.25) is 15.1 Å². The lowest BCUT2D eigenvalue weighted by Crippen LogP contribution is -2.29. The van der Waals surface area contributed by atoms with Crippen molar-refractivity contribution in [2.45, 2.75) is 12.1 Å².